The summed E-state index contributed by atoms with van der Waals surface area (Å²) < 4.78 is 0. The fraction of sp³-hybridized carbons (Fsp3) is 0. The van der Waals surface area contributed by atoms with Crippen LogP contribution in [-0.4, -0.2) is 22.0 Å². The van der Waals surface area contributed by atoms with Crippen LogP contribution in [-0.2, 0) is 0 Å². The van der Waals surface area contributed by atoms with Crippen LogP contribution >= 0.6 is 0 Å². The number of nitrogens with one attached hydrogen (secondary N) is 1. The molecule has 0 bridgehead atoms. The number of nitrogen functional groups attached to an aromatic ring is 3. The molecule has 8 nitrogen and oxygen atoms in total. The molecule has 1 amide bonds. The Labute approximate surface area is 214 Å². The summed E-state index contributed by atoms with van der Waals surface area (Å²) in [6, 6.07) is 30.2. The molecule has 0 unspecified atom stereocenters. The van der Waals surface area contributed by atoms with Crippen molar-refractivity contribution in [2.75, 3.05) is 22.5 Å². The van der Waals surface area contributed by atoms with Gasteiger partial charge in [-0.3, -0.25) is 9.78 Å². The Morgan fingerprint density at radius 2 is 1.14 bits per heavy atom. The molecule has 0 saturated heterocycles. The lowest BCUT2D eigenvalue weighted by molar-refractivity contribution is 0.0697. The number of hydrogen-bond donors (Lipinski definition) is 5. The molecule has 0 aliphatic heterocycles. The molecule has 0 radical (unpaired) electrons. The number of aromatic carboxylic acids is 1. The quantitative estimate of drug-likeness (QED) is 0.213. The SMILES string of the molecule is Nc1ccc(N)cc1.Nc1ccc(NC(=O)c2ccncc2)cc1.O=C(O)c1ccc2ccccc2c1. The zero-order chi connectivity index (χ0) is 26.6. The summed E-state index contributed by atoms with van der Waals surface area (Å²) in [5.41, 5.74) is 20.1. The molecule has 186 valence electrons. The minimum absolute atomic E-state index is 0.160. The maximum atomic E-state index is 11.7. The van der Waals surface area contributed by atoms with Crippen molar-refractivity contribution in [1.29, 1.82) is 0 Å². The number of carbonyl (C=O) groups is 2. The van der Waals surface area contributed by atoms with Gasteiger partial charge in [-0.15, -0.1) is 0 Å². The number of carbonyl (C=O) groups excluding carboxylic acids is 1. The molecule has 0 aliphatic rings. The molecule has 0 aliphatic carbocycles. The predicted octanol–water partition coefficient (Wildman–Crippen LogP) is 5.31. The third kappa shape index (κ3) is 8.41. The Kier molecular flexibility index (Phi) is 9.16. The first-order valence-corrected chi connectivity index (χ1v) is 11.2. The summed E-state index contributed by atoms with van der Waals surface area (Å²) in [6.07, 6.45) is 3.16. The van der Waals surface area contributed by atoms with Crippen molar-refractivity contribution in [2.45, 2.75) is 0 Å². The lowest BCUT2D eigenvalue weighted by Crippen LogP contribution is -2.11. The summed E-state index contributed by atoms with van der Waals surface area (Å²) >= 11 is 0. The number of nitrogens with zero attached hydrogens (tertiary/aromatic N) is 1. The normalized spacial score (nSPS) is 9.73. The van der Waals surface area contributed by atoms with E-state index in [-0.39, 0.29) is 5.91 Å². The van der Waals surface area contributed by atoms with E-state index in [9.17, 15) is 9.59 Å². The third-order valence-electron chi connectivity index (χ3n) is 5.04. The zero-order valence-electron chi connectivity index (χ0n) is 19.9. The molecule has 0 fully saturated rings. The van der Waals surface area contributed by atoms with Crippen LogP contribution in [0.3, 0.4) is 0 Å². The second-order valence-electron chi connectivity index (χ2n) is 7.85. The molecule has 8 heteroatoms. The molecule has 37 heavy (non-hydrogen) atoms. The number of amides is 1. The van der Waals surface area contributed by atoms with Gasteiger partial charge in [-0.1, -0.05) is 30.3 Å². The Morgan fingerprint density at radius 1 is 0.622 bits per heavy atom. The second kappa shape index (κ2) is 12.9. The summed E-state index contributed by atoms with van der Waals surface area (Å²) in [4.78, 5) is 26.2. The van der Waals surface area contributed by atoms with Crippen LogP contribution < -0.4 is 22.5 Å². The van der Waals surface area contributed by atoms with E-state index >= 15 is 0 Å². The van der Waals surface area contributed by atoms with Gasteiger partial charge in [-0.05, 0) is 83.6 Å². The lowest BCUT2D eigenvalue weighted by atomic mass is 10.1. The zero-order valence-corrected chi connectivity index (χ0v) is 19.9. The highest BCUT2D eigenvalue weighted by Crippen LogP contribution is 2.15. The smallest absolute Gasteiger partial charge is 0.335 e. The Balaban J connectivity index is 0.000000163. The number of anilines is 4. The number of pyridine rings is 1. The number of nitrogens with two attached hydrogens (primary N) is 3. The predicted molar refractivity (Wildman–Crippen MR) is 149 cm³/mol. The molecule has 8 N–H and O–H groups in total. The van der Waals surface area contributed by atoms with E-state index in [0.29, 0.717) is 16.8 Å². The number of carboxylic acids is 1. The van der Waals surface area contributed by atoms with Crippen molar-refractivity contribution < 1.29 is 14.7 Å². The van der Waals surface area contributed by atoms with Crippen molar-refractivity contribution in [3.05, 3.63) is 127 Å². The molecule has 1 aromatic heterocycles. The summed E-state index contributed by atoms with van der Waals surface area (Å²) in [6.45, 7) is 0. The number of aromatic nitrogens is 1. The van der Waals surface area contributed by atoms with E-state index in [2.05, 4.69) is 10.3 Å². The van der Waals surface area contributed by atoms with Crippen molar-refractivity contribution in [2.24, 2.45) is 0 Å². The molecule has 4 aromatic carbocycles. The van der Waals surface area contributed by atoms with Crippen LogP contribution in [0.2, 0.25) is 0 Å². The fourth-order valence-electron chi connectivity index (χ4n) is 3.09. The van der Waals surface area contributed by atoms with Crippen LogP contribution in [0.1, 0.15) is 20.7 Å². The Bertz CT molecular complexity index is 1430. The van der Waals surface area contributed by atoms with E-state index in [1.54, 1.807) is 85.2 Å². The third-order valence-corrected chi connectivity index (χ3v) is 5.04. The topological polar surface area (TPSA) is 157 Å². The standard InChI is InChI=1S/C12H11N3O.C11H8O2.C6H8N2/c13-10-1-3-11(4-2-10)15-12(16)9-5-7-14-8-6-9;12-11(13)10-6-5-8-3-1-2-4-9(8)7-10;7-5-1-2-6(8)4-3-5/h1-8H,13H2,(H,15,16);1-7H,(H,12,13);1-4H,7-8H2. The highest BCUT2D eigenvalue weighted by molar-refractivity contribution is 6.04. The van der Waals surface area contributed by atoms with Gasteiger partial charge in [-0.2, -0.15) is 0 Å². The van der Waals surface area contributed by atoms with Crippen LogP contribution in [0.4, 0.5) is 22.7 Å². The average molecular weight is 494 g/mol. The molecular formula is C29H27N5O3. The number of benzene rings is 4. The van der Waals surface area contributed by atoms with Crippen molar-refractivity contribution in [3.63, 3.8) is 0 Å². The van der Waals surface area contributed by atoms with Gasteiger partial charge in [0.1, 0.15) is 0 Å². The van der Waals surface area contributed by atoms with E-state index in [1.165, 1.54) is 0 Å². The second-order valence-corrected chi connectivity index (χ2v) is 7.85. The minimum Gasteiger partial charge on any atom is -0.478 e. The number of carboxylic acid groups (broad SMARTS) is 1. The van der Waals surface area contributed by atoms with Gasteiger partial charge in [0.25, 0.3) is 5.91 Å². The molecule has 0 saturated carbocycles. The average Bonchev–Trinajstić information content (AvgIpc) is 2.92. The van der Waals surface area contributed by atoms with Crippen LogP contribution in [0.5, 0.6) is 0 Å². The van der Waals surface area contributed by atoms with Gasteiger partial charge in [-0.25, -0.2) is 4.79 Å². The van der Waals surface area contributed by atoms with E-state index in [0.717, 1.165) is 27.8 Å². The summed E-state index contributed by atoms with van der Waals surface area (Å²) in [5.74, 6) is -1.04. The van der Waals surface area contributed by atoms with E-state index in [4.69, 9.17) is 22.3 Å². The van der Waals surface area contributed by atoms with Crippen molar-refractivity contribution in [3.8, 4) is 0 Å². The molecule has 1 heterocycles. The first-order chi connectivity index (χ1) is 17.8. The van der Waals surface area contributed by atoms with Crippen molar-refractivity contribution >= 4 is 45.4 Å². The molecule has 5 aromatic rings. The Hall–Kier alpha value is -5.37. The molecule has 0 spiro atoms. The Morgan fingerprint density at radius 3 is 1.68 bits per heavy atom. The number of rotatable bonds is 3. The van der Waals surface area contributed by atoms with E-state index in [1.807, 2.05) is 30.3 Å². The largest absolute Gasteiger partial charge is 0.478 e. The minimum atomic E-state index is -0.884. The van der Waals surface area contributed by atoms with Gasteiger partial charge in [0.05, 0.1) is 5.56 Å². The van der Waals surface area contributed by atoms with Gasteiger partial charge in [0.2, 0.25) is 0 Å². The maximum Gasteiger partial charge on any atom is 0.335 e. The molecule has 5 rings (SSSR count). The fourth-order valence-corrected chi connectivity index (χ4v) is 3.09. The van der Waals surface area contributed by atoms with Crippen LogP contribution in [0.15, 0.2) is 116 Å². The first-order valence-electron chi connectivity index (χ1n) is 11.2. The summed E-state index contributed by atoms with van der Waals surface area (Å²) in [7, 11) is 0. The van der Waals surface area contributed by atoms with Gasteiger partial charge >= 0.3 is 5.97 Å². The van der Waals surface area contributed by atoms with Gasteiger partial charge in [0.15, 0.2) is 0 Å². The van der Waals surface area contributed by atoms with Gasteiger partial charge < -0.3 is 27.6 Å². The lowest BCUT2D eigenvalue weighted by Gasteiger charge is -2.04. The number of fused-ring (bicyclic) bond motifs is 1. The van der Waals surface area contributed by atoms with E-state index < -0.39 is 5.97 Å². The highest BCUT2D eigenvalue weighted by atomic mass is 16.4. The molecule has 0 atom stereocenters. The maximum absolute atomic E-state index is 11.7. The van der Waals surface area contributed by atoms with Crippen molar-refractivity contribution in [1.82, 2.24) is 4.98 Å². The number of hydrogen-bond acceptors (Lipinski definition) is 6. The first kappa shape index (κ1) is 26.2. The van der Waals surface area contributed by atoms with Crippen LogP contribution in [0.25, 0.3) is 10.8 Å². The highest BCUT2D eigenvalue weighted by Gasteiger charge is 2.04. The van der Waals surface area contributed by atoms with Crippen LogP contribution in [0, 0.1) is 0 Å². The van der Waals surface area contributed by atoms with Gasteiger partial charge in [0, 0.05) is 40.7 Å². The monoisotopic (exact) mass is 493 g/mol. The molecular weight excluding hydrogens is 466 g/mol. The summed E-state index contributed by atoms with van der Waals surface area (Å²) in [5, 5.41) is 13.5.